The Kier molecular flexibility index (Phi) is 5.84. The van der Waals surface area contributed by atoms with Gasteiger partial charge in [0, 0.05) is 30.3 Å². The van der Waals surface area contributed by atoms with Gasteiger partial charge < -0.3 is 10.1 Å². The van der Waals surface area contributed by atoms with E-state index in [-0.39, 0.29) is 5.97 Å². The Balaban J connectivity index is 2.70. The minimum Gasteiger partial charge on any atom is -0.468 e. The van der Waals surface area contributed by atoms with Crippen LogP contribution in [0.25, 0.3) is 10.4 Å². The number of aryl methyl sites for hydroxylation is 2. The van der Waals surface area contributed by atoms with Gasteiger partial charge in [0.05, 0.1) is 12.8 Å². The van der Waals surface area contributed by atoms with Crippen molar-refractivity contribution in [2.75, 3.05) is 20.2 Å². The molecular weight excluding hydrogens is 248 g/mol. The SMILES string of the molecule is COC(=O)C(NCCCN=[N+]=[N-])c1cn(C)nc1C. The van der Waals surface area contributed by atoms with Gasteiger partial charge in [-0.1, -0.05) is 5.11 Å². The normalized spacial score (nSPS) is 11.7. The lowest BCUT2D eigenvalue weighted by atomic mass is 10.1. The Hall–Kier alpha value is -2.05. The van der Waals surface area contributed by atoms with Crippen molar-refractivity contribution in [2.24, 2.45) is 12.2 Å². The van der Waals surface area contributed by atoms with Gasteiger partial charge in [-0.15, -0.1) is 0 Å². The summed E-state index contributed by atoms with van der Waals surface area (Å²) >= 11 is 0. The van der Waals surface area contributed by atoms with Gasteiger partial charge in [0.2, 0.25) is 0 Å². The quantitative estimate of drug-likeness (QED) is 0.263. The van der Waals surface area contributed by atoms with Crippen LogP contribution in [0.4, 0.5) is 0 Å². The van der Waals surface area contributed by atoms with Crippen LogP contribution < -0.4 is 5.32 Å². The van der Waals surface area contributed by atoms with Crippen molar-refractivity contribution in [3.05, 3.63) is 27.9 Å². The van der Waals surface area contributed by atoms with E-state index in [2.05, 4.69) is 20.4 Å². The fraction of sp³-hybridized carbons (Fsp3) is 0.636. The third kappa shape index (κ3) is 4.27. The maximum absolute atomic E-state index is 11.8. The van der Waals surface area contributed by atoms with Crippen LogP contribution in [-0.2, 0) is 16.6 Å². The number of esters is 1. The van der Waals surface area contributed by atoms with E-state index in [4.69, 9.17) is 10.3 Å². The first-order valence-electron chi connectivity index (χ1n) is 5.92. The molecular formula is C11H18N6O2. The minimum absolute atomic E-state index is 0.361. The van der Waals surface area contributed by atoms with Crippen LogP contribution in [0.2, 0.25) is 0 Å². The molecule has 0 aliphatic heterocycles. The Morgan fingerprint density at radius 1 is 1.74 bits per heavy atom. The Bertz CT molecular complexity index is 478. The third-order valence-electron chi connectivity index (χ3n) is 2.65. The van der Waals surface area contributed by atoms with Crippen LogP contribution in [-0.4, -0.2) is 35.9 Å². The maximum atomic E-state index is 11.8. The lowest BCUT2D eigenvalue weighted by molar-refractivity contribution is -0.143. The molecule has 0 saturated heterocycles. The van der Waals surface area contributed by atoms with Crippen LogP contribution >= 0.6 is 0 Å². The van der Waals surface area contributed by atoms with Gasteiger partial charge in [-0.3, -0.25) is 4.68 Å². The summed E-state index contributed by atoms with van der Waals surface area (Å²) in [6, 6.07) is -0.551. The molecule has 0 aliphatic rings. The molecule has 1 aromatic rings. The van der Waals surface area contributed by atoms with Crippen molar-refractivity contribution in [1.29, 1.82) is 0 Å². The second-order valence-electron chi connectivity index (χ2n) is 4.06. The van der Waals surface area contributed by atoms with Gasteiger partial charge in [-0.05, 0) is 25.4 Å². The molecule has 104 valence electrons. The molecule has 8 nitrogen and oxygen atoms in total. The van der Waals surface area contributed by atoms with Gasteiger partial charge in [-0.2, -0.15) is 5.10 Å². The molecule has 1 atom stereocenters. The molecule has 0 aliphatic carbocycles. The number of nitrogens with one attached hydrogen (secondary N) is 1. The highest BCUT2D eigenvalue weighted by molar-refractivity contribution is 5.77. The van der Waals surface area contributed by atoms with Crippen LogP contribution in [0.15, 0.2) is 11.3 Å². The van der Waals surface area contributed by atoms with E-state index in [1.165, 1.54) is 7.11 Å². The van der Waals surface area contributed by atoms with Crippen LogP contribution in [0, 0.1) is 6.92 Å². The lowest BCUT2D eigenvalue weighted by Gasteiger charge is -2.15. The molecule has 0 radical (unpaired) electrons. The molecule has 0 bridgehead atoms. The van der Waals surface area contributed by atoms with Crippen molar-refractivity contribution in [1.82, 2.24) is 15.1 Å². The largest absolute Gasteiger partial charge is 0.468 e. The van der Waals surface area contributed by atoms with E-state index in [0.29, 0.717) is 19.5 Å². The average Bonchev–Trinajstić information content (AvgIpc) is 2.72. The Morgan fingerprint density at radius 2 is 2.47 bits per heavy atom. The highest BCUT2D eigenvalue weighted by Crippen LogP contribution is 2.17. The zero-order valence-corrected chi connectivity index (χ0v) is 11.3. The van der Waals surface area contributed by atoms with Crippen molar-refractivity contribution in [2.45, 2.75) is 19.4 Å². The number of ether oxygens (including phenoxy) is 1. The van der Waals surface area contributed by atoms with Gasteiger partial charge in [-0.25, -0.2) is 4.79 Å². The summed E-state index contributed by atoms with van der Waals surface area (Å²) < 4.78 is 6.44. The van der Waals surface area contributed by atoms with E-state index in [1.54, 1.807) is 17.9 Å². The number of methoxy groups -OCH3 is 1. The molecule has 1 rings (SSSR count). The summed E-state index contributed by atoms with van der Waals surface area (Å²) in [6.45, 7) is 2.78. The first-order chi connectivity index (χ1) is 9.10. The molecule has 1 unspecified atom stereocenters. The van der Waals surface area contributed by atoms with Crippen molar-refractivity contribution in [3.8, 4) is 0 Å². The van der Waals surface area contributed by atoms with Gasteiger partial charge in [0.25, 0.3) is 0 Å². The zero-order chi connectivity index (χ0) is 14.3. The number of hydrogen-bond donors (Lipinski definition) is 1. The summed E-state index contributed by atoms with van der Waals surface area (Å²) in [5.74, 6) is -0.361. The number of azide groups is 1. The smallest absolute Gasteiger partial charge is 0.327 e. The molecule has 1 N–H and O–H groups in total. The van der Waals surface area contributed by atoms with E-state index in [1.807, 2.05) is 6.92 Å². The number of rotatable bonds is 7. The first kappa shape index (κ1) is 15.0. The molecule has 0 fully saturated rings. The van der Waals surface area contributed by atoms with Crippen molar-refractivity contribution >= 4 is 5.97 Å². The molecule has 8 heteroatoms. The zero-order valence-electron chi connectivity index (χ0n) is 11.3. The van der Waals surface area contributed by atoms with E-state index < -0.39 is 6.04 Å². The highest BCUT2D eigenvalue weighted by atomic mass is 16.5. The summed E-state index contributed by atoms with van der Waals surface area (Å²) in [5.41, 5.74) is 9.74. The van der Waals surface area contributed by atoms with Crippen molar-refractivity contribution in [3.63, 3.8) is 0 Å². The van der Waals surface area contributed by atoms with Crippen molar-refractivity contribution < 1.29 is 9.53 Å². The monoisotopic (exact) mass is 266 g/mol. The maximum Gasteiger partial charge on any atom is 0.327 e. The first-order valence-corrected chi connectivity index (χ1v) is 5.92. The molecule has 0 saturated carbocycles. The molecule has 0 aromatic carbocycles. The Labute approximate surface area is 111 Å². The molecule has 1 heterocycles. The van der Waals surface area contributed by atoms with Crippen LogP contribution in [0.1, 0.15) is 23.7 Å². The average molecular weight is 266 g/mol. The summed E-state index contributed by atoms with van der Waals surface area (Å²) in [4.78, 5) is 14.5. The minimum atomic E-state index is -0.551. The Morgan fingerprint density at radius 3 is 3.00 bits per heavy atom. The number of carbonyl (C=O) groups is 1. The van der Waals surface area contributed by atoms with Crippen LogP contribution in [0.5, 0.6) is 0 Å². The molecule has 0 spiro atoms. The fourth-order valence-corrected chi connectivity index (χ4v) is 1.78. The predicted octanol–water partition coefficient (Wildman–Crippen LogP) is 1.23. The number of aromatic nitrogens is 2. The van der Waals surface area contributed by atoms with Gasteiger partial charge in [0.1, 0.15) is 6.04 Å². The van der Waals surface area contributed by atoms with E-state index in [0.717, 1.165) is 11.3 Å². The van der Waals surface area contributed by atoms with E-state index in [9.17, 15) is 4.79 Å². The second kappa shape index (κ2) is 7.40. The van der Waals surface area contributed by atoms with Gasteiger partial charge >= 0.3 is 5.97 Å². The number of nitrogens with zero attached hydrogens (tertiary/aromatic N) is 5. The van der Waals surface area contributed by atoms with E-state index >= 15 is 0 Å². The summed E-state index contributed by atoms with van der Waals surface area (Å²) in [7, 11) is 3.15. The summed E-state index contributed by atoms with van der Waals surface area (Å²) in [5, 5.41) is 10.7. The van der Waals surface area contributed by atoms with Crippen LogP contribution in [0.3, 0.4) is 0 Å². The molecule has 1 aromatic heterocycles. The fourth-order valence-electron chi connectivity index (χ4n) is 1.78. The topological polar surface area (TPSA) is 105 Å². The van der Waals surface area contributed by atoms with Gasteiger partial charge in [0.15, 0.2) is 0 Å². The highest BCUT2D eigenvalue weighted by Gasteiger charge is 2.24. The predicted molar refractivity (Wildman–Crippen MR) is 69.3 cm³/mol. The third-order valence-corrected chi connectivity index (χ3v) is 2.65. The molecule has 0 amide bonds. The number of carbonyl (C=O) groups excluding carboxylic acids is 1. The second-order valence-corrected chi connectivity index (χ2v) is 4.06. The summed E-state index contributed by atoms with van der Waals surface area (Å²) in [6.07, 6.45) is 2.44. The lowest BCUT2D eigenvalue weighted by Crippen LogP contribution is -2.31. The number of hydrogen-bond acceptors (Lipinski definition) is 5. The molecule has 19 heavy (non-hydrogen) atoms. The standard InChI is InChI=1S/C11H18N6O2/c1-8-9(7-17(2)15-8)10(11(18)19-3)13-5-4-6-14-16-12/h7,10,13H,4-6H2,1-3H3.